The number of benzene rings is 1. The van der Waals surface area contributed by atoms with E-state index in [9.17, 15) is 13.6 Å². The lowest BCUT2D eigenvalue weighted by Gasteiger charge is -2.26. The molecule has 0 amide bonds. The molecule has 1 aromatic carbocycles. The van der Waals surface area contributed by atoms with Gasteiger partial charge in [-0.3, -0.25) is 0 Å². The summed E-state index contributed by atoms with van der Waals surface area (Å²) in [5, 5.41) is 0. The normalized spacial score (nSPS) is 26.2. The minimum absolute atomic E-state index is 0.116. The fraction of sp³-hybridized carbons (Fsp3) is 0.407. The van der Waals surface area contributed by atoms with Crippen LogP contribution < -0.4 is 0 Å². The van der Waals surface area contributed by atoms with E-state index in [0.717, 1.165) is 12.0 Å². The van der Waals surface area contributed by atoms with Crippen LogP contribution in [0.25, 0.3) is 5.57 Å². The number of nitrogens with zero attached hydrogens (tertiary/aromatic N) is 1. The van der Waals surface area contributed by atoms with Gasteiger partial charge in [0.2, 0.25) is 0 Å². The summed E-state index contributed by atoms with van der Waals surface area (Å²) in [5.74, 6) is 0. The number of carbonyl (C=O) groups excluding carboxylic acids is 1. The van der Waals surface area contributed by atoms with Crippen molar-refractivity contribution < 1.29 is 13.6 Å². The molecule has 162 valence electrons. The highest BCUT2D eigenvalue weighted by molar-refractivity contribution is 5.84. The molecule has 2 aliphatic carbocycles. The van der Waals surface area contributed by atoms with Crippen LogP contribution in [0.3, 0.4) is 0 Å². The summed E-state index contributed by atoms with van der Waals surface area (Å²) in [6.07, 6.45) is 8.49. The SMILES string of the molecule is C=C=C(Cc1ccc2c(c1)C(C)(C)C1=C2CC(C)=CC=C1)N1C[C@@](F)(CF)CC1C=O. The quantitative estimate of drug-likeness (QED) is 0.442. The van der Waals surface area contributed by atoms with Gasteiger partial charge in [-0.25, -0.2) is 8.78 Å². The van der Waals surface area contributed by atoms with E-state index in [1.165, 1.54) is 27.8 Å². The number of halogens is 2. The van der Waals surface area contributed by atoms with Crippen LogP contribution >= 0.6 is 0 Å². The molecule has 3 aliphatic rings. The van der Waals surface area contributed by atoms with Crippen molar-refractivity contribution in [2.24, 2.45) is 0 Å². The molecule has 0 bridgehead atoms. The summed E-state index contributed by atoms with van der Waals surface area (Å²) in [6.45, 7) is 9.17. The molecule has 4 rings (SSSR count). The van der Waals surface area contributed by atoms with E-state index in [2.05, 4.69) is 69.5 Å². The van der Waals surface area contributed by atoms with Crippen LogP contribution in [0.2, 0.25) is 0 Å². The fourth-order valence-corrected chi connectivity index (χ4v) is 5.24. The van der Waals surface area contributed by atoms with Crippen molar-refractivity contribution in [2.45, 2.75) is 57.2 Å². The molecule has 2 nitrogen and oxygen atoms in total. The van der Waals surface area contributed by atoms with Gasteiger partial charge < -0.3 is 9.69 Å². The second-order valence-electron chi connectivity index (χ2n) is 9.57. The highest BCUT2D eigenvalue weighted by Crippen LogP contribution is 2.50. The van der Waals surface area contributed by atoms with E-state index in [4.69, 9.17) is 0 Å². The summed E-state index contributed by atoms with van der Waals surface area (Å²) in [4.78, 5) is 13.1. The predicted octanol–water partition coefficient (Wildman–Crippen LogP) is 5.80. The van der Waals surface area contributed by atoms with Gasteiger partial charge in [-0.2, -0.15) is 0 Å². The Morgan fingerprint density at radius 2 is 2.16 bits per heavy atom. The number of fused-ring (bicyclic) bond motifs is 2. The highest BCUT2D eigenvalue weighted by atomic mass is 19.2. The Balaban J connectivity index is 1.64. The van der Waals surface area contributed by atoms with Gasteiger partial charge >= 0.3 is 0 Å². The zero-order chi connectivity index (χ0) is 22.4. The molecule has 1 fully saturated rings. The Kier molecular flexibility index (Phi) is 5.39. The lowest BCUT2D eigenvalue weighted by molar-refractivity contribution is -0.111. The molecule has 4 heteroatoms. The summed E-state index contributed by atoms with van der Waals surface area (Å²) in [5.41, 5.74) is 9.07. The number of aldehydes is 1. The summed E-state index contributed by atoms with van der Waals surface area (Å²) >= 11 is 0. The number of rotatable bonds is 5. The van der Waals surface area contributed by atoms with E-state index < -0.39 is 18.4 Å². The topological polar surface area (TPSA) is 20.3 Å². The first-order valence-electron chi connectivity index (χ1n) is 10.8. The zero-order valence-electron chi connectivity index (χ0n) is 18.5. The van der Waals surface area contributed by atoms with Crippen molar-refractivity contribution >= 4 is 11.9 Å². The average molecular weight is 422 g/mol. The van der Waals surface area contributed by atoms with Crippen molar-refractivity contribution in [3.05, 3.63) is 82.3 Å². The Morgan fingerprint density at radius 1 is 1.39 bits per heavy atom. The van der Waals surface area contributed by atoms with Crippen LogP contribution in [0.5, 0.6) is 0 Å². The largest absolute Gasteiger partial charge is 0.355 e. The maximum absolute atomic E-state index is 14.6. The molecule has 1 aliphatic heterocycles. The molecule has 0 radical (unpaired) electrons. The number of carbonyl (C=O) groups is 1. The maximum atomic E-state index is 14.6. The number of hydrogen-bond donors (Lipinski definition) is 0. The summed E-state index contributed by atoms with van der Waals surface area (Å²) in [7, 11) is 0. The van der Waals surface area contributed by atoms with Gasteiger partial charge in [-0.15, -0.1) is 5.73 Å². The molecule has 31 heavy (non-hydrogen) atoms. The van der Waals surface area contributed by atoms with Gasteiger partial charge in [0, 0.05) is 18.3 Å². The smallest absolute Gasteiger partial charge is 0.158 e. The highest BCUT2D eigenvalue weighted by Gasteiger charge is 2.45. The molecular weight excluding hydrogens is 392 g/mol. The third-order valence-electron chi connectivity index (χ3n) is 6.93. The molecular formula is C27H29F2NO. The lowest BCUT2D eigenvalue weighted by Crippen LogP contribution is -2.33. The molecule has 1 unspecified atom stereocenters. The summed E-state index contributed by atoms with van der Waals surface area (Å²) < 4.78 is 27.8. The molecule has 0 aromatic heterocycles. The van der Waals surface area contributed by atoms with Gasteiger partial charge in [0.05, 0.1) is 18.3 Å². The first-order chi connectivity index (χ1) is 14.7. The standard InChI is InChI=1S/C27H29F2NO/c1-5-20(30-17-27(29,16-28)14-21(30)15-31)12-19-9-10-22-23-11-18(2)7-6-8-24(23)26(3,4)25(22)13-19/h6-10,13,15,21H,1,11-12,14,16-17H2,2-4H3/t21?,27-/m0/s1. The number of allylic oxidation sites excluding steroid dienone is 7. The zero-order valence-corrected chi connectivity index (χ0v) is 18.5. The Morgan fingerprint density at radius 3 is 2.84 bits per heavy atom. The molecule has 1 saturated heterocycles. The van der Waals surface area contributed by atoms with Crippen LogP contribution in [-0.4, -0.2) is 36.1 Å². The monoisotopic (exact) mass is 421 g/mol. The van der Waals surface area contributed by atoms with Crippen LogP contribution in [-0.2, 0) is 16.6 Å². The second kappa shape index (κ2) is 7.76. The van der Waals surface area contributed by atoms with E-state index in [1.807, 2.05) is 0 Å². The summed E-state index contributed by atoms with van der Waals surface area (Å²) in [6, 6.07) is 5.77. The van der Waals surface area contributed by atoms with E-state index in [0.29, 0.717) is 18.4 Å². The molecule has 0 saturated carbocycles. The van der Waals surface area contributed by atoms with Gasteiger partial charge in [-0.1, -0.05) is 62.4 Å². The number of alkyl halides is 2. The Labute approximate surface area is 183 Å². The average Bonchev–Trinajstić information content (AvgIpc) is 3.09. The van der Waals surface area contributed by atoms with Crippen LogP contribution in [0.4, 0.5) is 8.78 Å². The lowest BCUT2D eigenvalue weighted by atomic mass is 9.80. The molecule has 1 heterocycles. The van der Waals surface area contributed by atoms with Gasteiger partial charge in [-0.05, 0) is 41.2 Å². The van der Waals surface area contributed by atoms with Crippen LogP contribution in [0, 0.1) is 0 Å². The molecule has 0 spiro atoms. The fourth-order valence-electron chi connectivity index (χ4n) is 5.24. The number of hydrogen-bond acceptors (Lipinski definition) is 2. The van der Waals surface area contributed by atoms with E-state index >= 15 is 0 Å². The van der Waals surface area contributed by atoms with Crippen molar-refractivity contribution in [3.63, 3.8) is 0 Å². The van der Waals surface area contributed by atoms with Crippen molar-refractivity contribution in [2.75, 3.05) is 13.2 Å². The minimum atomic E-state index is -1.99. The molecule has 1 aromatic rings. The maximum Gasteiger partial charge on any atom is 0.158 e. The van der Waals surface area contributed by atoms with E-state index in [-0.39, 0.29) is 18.4 Å². The third kappa shape index (κ3) is 3.64. The molecule has 2 atom stereocenters. The van der Waals surface area contributed by atoms with Gasteiger partial charge in [0.15, 0.2) is 5.67 Å². The Hall–Kier alpha value is -2.71. The first kappa shape index (κ1) is 21.5. The third-order valence-corrected chi connectivity index (χ3v) is 6.93. The van der Waals surface area contributed by atoms with Crippen LogP contribution in [0.15, 0.2) is 65.6 Å². The van der Waals surface area contributed by atoms with Crippen molar-refractivity contribution in [3.8, 4) is 0 Å². The first-order valence-corrected chi connectivity index (χ1v) is 10.8. The van der Waals surface area contributed by atoms with Crippen LogP contribution in [0.1, 0.15) is 50.3 Å². The van der Waals surface area contributed by atoms with Crippen molar-refractivity contribution in [1.82, 2.24) is 4.90 Å². The number of likely N-dealkylation sites (tertiary alicyclic amines) is 1. The predicted molar refractivity (Wildman–Crippen MR) is 121 cm³/mol. The minimum Gasteiger partial charge on any atom is -0.355 e. The Bertz CT molecular complexity index is 1070. The second-order valence-corrected chi connectivity index (χ2v) is 9.57. The van der Waals surface area contributed by atoms with Crippen molar-refractivity contribution in [1.29, 1.82) is 0 Å². The van der Waals surface area contributed by atoms with E-state index in [1.54, 1.807) is 4.90 Å². The molecule has 0 N–H and O–H groups in total. The van der Waals surface area contributed by atoms with Gasteiger partial charge in [0.25, 0.3) is 0 Å². The van der Waals surface area contributed by atoms with Gasteiger partial charge in [0.1, 0.15) is 13.0 Å².